The van der Waals surface area contributed by atoms with Crippen molar-refractivity contribution in [2.45, 2.75) is 88.5 Å². The summed E-state index contributed by atoms with van der Waals surface area (Å²) in [6, 6.07) is 8.00. The molecule has 0 aliphatic rings. The first kappa shape index (κ1) is 50.4. The van der Waals surface area contributed by atoms with Crippen LogP contribution in [0.15, 0.2) is 61.2 Å². The van der Waals surface area contributed by atoms with Crippen LogP contribution >= 0.6 is 11.6 Å². The van der Waals surface area contributed by atoms with Crippen LogP contribution in [0.2, 0.25) is 5.28 Å². The molecule has 0 spiro atoms. The number of ether oxygens (including phenoxy) is 1. The zero-order valence-electron chi connectivity index (χ0n) is 31.5. The van der Waals surface area contributed by atoms with Crippen molar-refractivity contribution >= 4 is 164 Å². The Bertz CT molecular complexity index is 2350. The van der Waals surface area contributed by atoms with E-state index in [4.69, 9.17) is 22.1 Å². The van der Waals surface area contributed by atoms with Gasteiger partial charge in [0, 0.05) is 115 Å². The SMILES string of the molecule is CCCCCCCCCc1ccc(Oc2nc(Cl)nc(Nc3cc(N=Nc4c(C)c(C(N)=O)c(O)n(CC)c4=O)c(S(=O)(=O)O)cc3S(=O)(=O)O)n2)cc1.[K].[K]. The van der Waals surface area contributed by atoms with Gasteiger partial charge in [-0.3, -0.25) is 23.3 Å². The number of halogens is 1. The maximum absolute atomic E-state index is 13.1. The number of carbonyl (C=O) groups excluding carboxylic acids is 1. The zero-order chi connectivity index (χ0) is 39.8. The van der Waals surface area contributed by atoms with Crippen LogP contribution in [0.25, 0.3) is 0 Å². The Morgan fingerprint density at radius 2 is 1.52 bits per heavy atom. The Hall–Kier alpha value is -1.75. The molecule has 4 rings (SSSR count). The van der Waals surface area contributed by atoms with Gasteiger partial charge in [-0.05, 0) is 68.1 Å². The summed E-state index contributed by atoms with van der Waals surface area (Å²) in [6.45, 7) is 4.75. The van der Waals surface area contributed by atoms with E-state index in [-0.39, 0.29) is 121 Å². The molecular formula is C33H39ClK2N8O10S2. The molecule has 0 atom stereocenters. The average molecular weight is 886 g/mol. The fourth-order valence-corrected chi connectivity index (χ4v) is 6.94. The van der Waals surface area contributed by atoms with Crippen molar-refractivity contribution < 1.29 is 40.6 Å². The van der Waals surface area contributed by atoms with Crippen molar-refractivity contribution in [3.63, 3.8) is 0 Å². The van der Waals surface area contributed by atoms with Crippen LogP contribution in [0.4, 0.5) is 23.0 Å². The second-order valence-electron chi connectivity index (χ2n) is 12.0. The summed E-state index contributed by atoms with van der Waals surface area (Å²) in [6.07, 6.45) is 9.22. The molecule has 0 saturated carbocycles. The average Bonchev–Trinajstić information content (AvgIpc) is 3.07. The third-order valence-electron chi connectivity index (χ3n) is 8.13. The molecule has 0 bridgehead atoms. The summed E-state index contributed by atoms with van der Waals surface area (Å²) >= 11 is 6.10. The number of nitrogens with two attached hydrogens (primary N) is 1. The summed E-state index contributed by atoms with van der Waals surface area (Å²) in [7, 11) is -10.5. The van der Waals surface area contributed by atoms with E-state index >= 15 is 0 Å². The molecule has 2 aromatic heterocycles. The van der Waals surface area contributed by atoms with Crippen LogP contribution in [0.1, 0.15) is 80.3 Å². The standard InChI is InChI=1S/C33H39ClN8O10S2.2K/c1-4-6-7-8-9-10-11-12-20-13-15-21(16-14-20)52-33-38-31(34)37-32(39-33)36-22-17-23(25(54(49,50)51)18-24(22)53(46,47)48)40-41-27-19(3)26(28(35)43)29(44)42(5-2)30(27)45;;/h13-18,44H,4-12H2,1-3H3,(H2,35,43)(H,46,47,48)(H,49,50,51)(H,36,37,38,39);;. The molecule has 6 N–H and O–H groups in total. The number of unbranched alkanes of at least 4 members (excludes halogenated alkanes) is 6. The number of nitrogens with one attached hydrogen (secondary N) is 1. The van der Waals surface area contributed by atoms with Gasteiger partial charge in [0.1, 0.15) is 26.8 Å². The van der Waals surface area contributed by atoms with Gasteiger partial charge in [-0.2, -0.15) is 31.8 Å². The maximum atomic E-state index is 13.1. The van der Waals surface area contributed by atoms with Gasteiger partial charge in [-0.1, -0.05) is 57.6 Å². The Kier molecular flexibility index (Phi) is 20.3. The molecule has 0 saturated heterocycles. The molecule has 0 aliphatic carbocycles. The minimum absolute atomic E-state index is 0. The minimum atomic E-state index is -5.27. The molecule has 2 aromatic carbocycles. The van der Waals surface area contributed by atoms with E-state index in [1.165, 1.54) is 46.0 Å². The smallest absolute Gasteiger partial charge is 0.328 e. The molecule has 2 radical (unpaired) electrons. The number of amides is 1. The summed E-state index contributed by atoms with van der Waals surface area (Å²) in [4.78, 5) is 34.8. The van der Waals surface area contributed by atoms with Gasteiger partial charge in [-0.15, -0.1) is 10.2 Å². The number of pyridine rings is 1. The van der Waals surface area contributed by atoms with Crippen molar-refractivity contribution in [1.29, 1.82) is 0 Å². The largest absolute Gasteiger partial charge is 0.494 e. The van der Waals surface area contributed by atoms with Gasteiger partial charge in [0.15, 0.2) is 5.69 Å². The Morgan fingerprint density at radius 3 is 2.09 bits per heavy atom. The first-order valence-corrected chi connectivity index (χ1v) is 20.0. The van der Waals surface area contributed by atoms with Crippen LogP contribution in [0.5, 0.6) is 17.6 Å². The van der Waals surface area contributed by atoms with Gasteiger partial charge in [0.25, 0.3) is 31.7 Å². The van der Waals surface area contributed by atoms with E-state index in [1.54, 1.807) is 12.1 Å². The number of anilines is 2. The van der Waals surface area contributed by atoms with Crippen LogP contribution < -0.4 is 21.3 Å². The van der Waals surface area contributed by atoms with Gasteiger partial charge in [0.05, 0.1) is 5.69 Å². The van der Waals surface area contributed by atoms with Crippen LogP contribution in [0, 0.1) is 6.92 Å². The molecule has 1 amide bonds. The first-order chi connectivity index (χ1) is 25.4. The molecular weight excluding hydrogens is 846 g/mol. The summed E-state index contributed by atoms with van der Waals surface area (Å²) in [5, 5.41) is 20.0. The monoisotopic (exact) mass is 884 g/mol. The zero-order valence-corrected chi connectivity index (χ0v) is 40.1. The van der Waals surface area contributed by atoms with E-state index in [9.17, 15) is 40.6 Å². The third kappa shape index (κ3) is 13.7. The number of aromatic hydroxyl groups is 1. The number of carbonyl (C=O) groups is 1. The fraction of sp³-hybridized carbons (Fsp3) is 0.364. The molecule has 56 heavy (non-hydrogen) atoms. The van der Waals surface area contributed by atoms with E-state index in [1.807, 2.05) is 12.1 Å². The number of primary amides is 1. The molecule has 292 valence electrons. The predicted octanol–water partition coefficient (Wildman–Crippen LogP) is 5.80. The summed E-state index contributed by atoms with van der Waals surface area (Å²) in [5.41, 5.74) is 2.97. The summed E-state index contributed by atoms with van der Waals surface area (Å²) in [5.74, 6) is -1.93. The van der Waals surface area contributed by atoms with E-state index in [0.29, 0.717) is 11.8 Å². The van der Waals surface area contributed by atoms with Crippen molar-refractivity contribution in [2.24, 2.45) is 16.0 Å². The van der Waals surface area contributed by atoms with Gasteiger partial charge in [-0.25, -0.2) is 0 Å². The molecule has 18 nitrogen and oxygen atoms in total. The molecule has 0 fully saturated rings. The molecule has 2 heterocycles. The molecule has 23 heteroatoms. The van der Waals surface area contributed by atoms with Crippen molar-refractivity contribution in [3.8, 4) is 17.6 Å². The molecule has 4 aromatic rings. The second-order valence-corrected chi connectivity index (χ2v) is 15.1. The quantitative estimate of drug-likeness (QED) is 0.0342. The predicted molar refractivity (Wildman–Crippen MR) is 209 cm³/mol. The minimum Gasteiger partial charge on any atom is -0.494 e. The summed E-state index contributed by atoms with van der Waals surface area (Å²) < 4.78 is 76.0. The number of nitrogens with zero attached hydrogens (tertiary/aromatic N) is 6. The van der Waals surface area contributed by atoms with Crippen molar-refractivity contribution in [3.05, 3.63) is 68.7 Å². The number of azo groups is 1. The Labute approximate surface area is 413 Å². The number of aryl methyl sites for hydroxylation is 1. The fourth-order valence-electron chi connectivity index (χ4n) is 5.43. The number of benzene rings is 2. The maximum Gasteiger partial charge on any atom is 0.328 e. The van der Waals surface area contributed by atoms with Crippen LogP contribution in [-0.4, -0.2) is 159 Å². The number of hydrogen-bond acceptors (Lipinski definition) is 14. The normalized spacial score (nSPS) is 11.5. The van der Waals surface area contributed by atoms with E-state index < -0.39 is 81.2 Å². The van der Waals surface area contributed by atoms with Crippen LogP contribution in [-0.2, 0) is 33.2 Å². The number of hydrogen-bond donors (Lipinski definition) is 5. The second kappa shape index (κ2) is 22.6. The topological polar surface area (TPSA) is 279 Å². The first-order valence-electron chi connectivity index (χ1n) is 16.7. The van der Waals surface area contributed by atoms with E-state index in [2.05, 4.69) is 37.4 Å². The van der Waals surface area contributed by atoms with Crippen molar-refractivity contribution in [1.82, 2.24) is 19.5 Å². The van der Waals surface area contributed by atoms with Gasteiger partial charge < -0.3 is 20.9 Å². The molecule has 0 unspecified atom stereocenters. The van der Waals surface area contributed by atoms with Crippen LogP contribution in [0.3, 0.4) is 0 Å². The number of aromatic nitrogens is 4. The van der Waals surface area contributed by atoms with Gasteiger partial charge >= 0.3 is 6.01 Å². The Morgan fingerprint density at radius 1 is 0.911 bits per heavy atom. The van der Waals surface area contributed by atoms with Gasteiger partial charge in [0.2, 0.25) is 17.1 Å². The number of rotatable bonds is 18. The molecule has 0 aliphatic heterocycles. The third-order valence-corrected chi connectivity index (χ3v) is 10.1. The van der Waals surface area contributed by atoms with Crippen molar-refractivity contribution in [2.75, 3.05) is 5.32 Å². The Balaban J connectivity index is 0.00000541. The van der Waals surface area contributed by atoms with E-state index in [0.717, 1.165) is 35.5 Å².